The van der Waals surface area contributed by atoms with Gasteiger partial charge in [0.05, 0.1) is 0 Å². The number of halogens is 3. The Morgan fingerprint density at radius 2 is 0.473 bits per heavy atom. The molecule has 5 heteroatoms. The molecule has 0 spiro atoms. The Bertz CT molecular complexity index is 3190. The van der Waals surface area contributed by atoms with Gasteiger partial charge in [-0.05, 0) is 157 Å². The van der Waals surface area contributed by atoms with E-state index in [9.17, 15) is 0 Å². The molecule has 0 aliphatic heterocycles. The van der Waals surface area contributed by atoms with Gasteiger partial charge in [-0.1, -0.05) is 228 Å². The van der Waals surface area contributed by atoms with Crippen molar-refractivity contribution in [2.24, 2.45) is 0 Å². The van der Waals surface area contributed by atoms with E-state index in [4.69, 9.17) is 0 Å². The normalized spacial score (nSPS) is 10.9. The molecule has 0 unspecified atom stereocenters. The average Bonchev–Trinajstić information content (AvgIpc) is 3.59. The number of benzene rings is 9. The van der Waals surface area contributed by atoms with Gasteiger partial charge in [-0.2, -0.15) is 22.3 Å². The molecule has 10 rings (SSSR count). The maximum Gasteiger partial charge on any atom is 4.00 e. The molecule has 0 aliphatic carbocycles. The quantitative estimate of drug-likeness (QED) is 0.0798. The van der Waals surface area contributed by atoms with Gasteiger partial charge in [-0.3, -0.25) is 0 Å². The van der Waals surface area contributed by atoms with E-state index in [0.717, 1.165) is 0 Å². The van der Waals surface area contributed by atoms with Crippen LogP contribution in [0.15, 0.2) is 200 Å². The summed E-state index contributed by atoms with van der Waals surface area (Å²) in [5.74, 6) is 0. The first kappa shape index (κ1) is 57.4. The third-order valence-corrected chi connectivity index (χ3v) is 21.4. The molecule has 0 bridgehead atoms. The van der Waals surface area contributed by atoms with Crippen LogP contribution in [-0.4, -0.2) is 8.07 Å². The fourth-order valence-corrected chi connectivity index (χ4v) is 19.6. The Kier molecular flexibility index (Phi) is 18.4. The fourth-order valence-electron chi connectivity index (χ4n) is 12.4. The molecule has 0 amide bonds. The van der Waals surface area contributed by atoms with E-state index in [1.807, 2.05) is 0 Å². The van der Waals surface area contributed by atoms with Gasteiger partial charge in [0.1, 0.15) is 8.07 Å². The topological polar surface area (TPSA) is 0 Å². The van der Waals surface area contributed by atoms with Crippen molar-refractivity contribution in [1.29, 1.82) is 0 Å². The molecule has 0 atom stereocenters. The van der Waals surface area contributed by atoms with Crippen molar-refractivity contribution in [2.45, 2.75) is 69.2 Å². The molecule has 0 saturated carbocycles. The average molecular weight is 1070 g/mol. The molecule has 0 N–H and O–H groups in total. The zero-order valence-corrected chi connectivity index (χ0v) is 49.0. The van der Waals surface area contributed by atoms with Crippen LogP contribution < -0.4 is 58.0 Å². The van der Waals surface area contributed by atoms with Crippen LogP contribution >= 0.6 is 0 Å². The molecule has 10 aromatic carbocycles. The molecule has 0 heterocycles. The zero-order chi connectivity index (χ0) is 48.8. The standard InChI is InChI=1S/C69H63Si.3ClH.Ti/c1-44-41-60(54-29-17-11-18-30-54)51(8)67(63(44)57-35-23-14-24-36-57)70(66-49(6)47(4)48(5)50(66)7,68-52(9)61(55-31-19-12-20-32-55)42-45(2)64(68)58-37-25-15-26-38-58)69-53(10)62(56-33-21-13-22-34-56)43-46(3)65(69)59-39-27-16-28-40-59;;;;/h11-43H,1-10H3;3*1H;/q-1;;;;+4/p-3. The van der Waals surface area contributed by atoms with Crippen molar-refractivity contribution in [3.05, 3.63) is 256 Å². The van der Waals surface area contributed by atoms with Crippen LogP contribution in [0.5, 0.6) is 0 Å². The molecule has 0 aromatic heterocycles. The van der Waals surface area contributed by atoms with Crippen molar-refractivity contribution in [3.8, 4) is 66.8 Å². The maximum atomic E-state index is 2.49. The predicted octanol–water partition coefficient (Wildman–Crippen LogP) is 6.88. The van der Waals surface area contributed by atoms with Crippen LogP contribution in [0, 0.1) is 69.2 Å². The Balaban J connectivity index is 0.00000223. The van der Waals surface area contributed by atoms with Crippen LogP contribution in [-0.2, 0) is 21.7 Å². The summed E-state index contributed by atoms with van der Waals surface area (Å²) in [7, 11) is -3.80. The van der Waals surface area contributed by atoms with Gasteiger partial charge < -0.3 is 37.2 Å². The summed E-state index contributed by atoms with van der Waals surface area (Å²) < 4.78 is 0. The summed E-state index contributed by atoms with van der Waals surface area (Å²) in [5, 5.41) is 5.89. The third kappa shape index (κ3) is 9.69. The van der Waals surface area contributed by atoms with Crippen LogP contribution in [0.4, 0.5) is 0 Å². The Morgan fingerprint density at radius 3 is 0.689 bits per heavy atom. The summed E-state index contributed by atoms with van der Waals surface area (Å²) in [4.78, 5) is 0. The van der Waals surface area contributed by atoms with Crippen LogP contribution in [0.2, 0.25) is 0 Å². The van der Waals surface area contributed by atoms with Crippen LogP contribution in [0.1, 0.15) is 55.6 Å². The molecule has 0 radical (unpaired) electrons. The van der Waals surface area contributed by atoms with Crippen molar-refractivity contribution < 1.29 is 58.9 Å². The molecule has 368 valence electrons. The van der Waals surface area contributed by atoms with Gasteiger partial charge in [0, 0.05) is 0 Å². The summed E-state index contributed by atoms with van der Waals surface area (Å²) in [6.45, 7) is 24.2. The van der Waals surface area contributed by atoms with E-state index in [-0.39, 0.29) is 58.9 Å². The van der Waals surface area contributed by atoms with E-state index in [1.165, 1.54) is 143 Å². The van der Waals surface area contributed by atoms with Gasteiger partial charge in [0.15, 0.2) is 0 Å². The SMILES string of the molecule is Cc1cc(-c2ccccc2)c(C)c([Si](c2c(C)c(-c3ccccc3)cc(C)c2-c2ccccc2)(c2c(C)c(-c3ccccc3)cc(C)c2-c2ccccc2)[c-]2c(C)c(C)c(C)c2C)c1-c1ccccc1.[Cl-].[Cl-].[Cl-].[Ti+4]. The summed E-state index contributed by atoms with van der Waals surface area (Å²) in [6, 6.07) is 75.1. The van der Waals surface area contributed by atoms with Crippen molar-refractivity contribution in [2.75, 3.05) is 0 Å². The molecule has 0 nitrogen and oxygen atoms in total. The summed E-state index contributed by atoms with van der Waals surface area (Å²) >= 11 is 0. The first-order valence-corrected chi connectivity index (χ1v) is 26.9. The Labute approximate surface area is 475 Å². The number of hydrogen-bond acceptors (Lipinski definition) is 0. The van der Waals surface area contributed by atoms with Crippen LogP contribution in [0.25, 0.3) is 66.8 Å². The van der Waals surface area contributed by atoms with Gasteiger partial charge in [-0.25, -0.2) is 0 Å². The number of rotatable bonds is 10. The van der Waals surface area contributed by atoms with E-state index < -0.39 is 8.07 Å². The van der Waals surface area contributed by atoms with E-state index in [2.05, 4.69) is 269 Å². The van der Waals surface area contributed by atoms with E-state index in [0.29, 0.717) is 0 Å². The van der Waals surface area contributed by atoms with Gasteiger partial charge >= 0.3 is 21.7 Å². The second-order valence-corrected chi connectivity index (χ2v) is 23.2. The molecule has 0 aliphatic rings. The third-order valence-electron chi connectivity index (χ3n) is 15.7. The number of hydrogen-bond donors (Lipinski definition) is 0. The van der Waals surface area contributed by atoms with E-state index in [1.54, 1.807) is 0 Å². The minimum Gasteiger partial charge on any atom is -1.00 e. The smallest absolute Gasteiger partial charge is 1.00 e. The van der Waals surface area contributed by atoms with Gasteiger partial charge in [-0.15, -0.1) is 5.19 Å². The summed E-state index contributed by atoms with van der Waals surface area (Å²) in [5.41, 5.74) is 28.7. The number of aryl methyl sites for hydroxylation is 3. The minimum atomic E-state index is -3.80. The van der Waals surface area contributed by atoms with E-state index >= 15 is 0 Å². The monoisotopic (exact) mass is 1070 g/mol. The van der Waals surface area contributed by atoms with Crippen molar-refractivity contribution in [3.63, 3.8) is 0 Å². The first-order valence-electron chi connectivity index (χ1n) is 24.9. The Morgan fingerprint density at radius 1 is 0.270 bits per heavy atom. The van der Waals surface area contributed by atoms with Crippen LogP contribution in [0.3, 0.4) is 0 Å². The minimum absolute atomic E-state index is 0. The van der Waals surface area contributed by atoms with Gasteiger partial charge in [0.25, 0.3) is 0 Å². The first-order chi connectivity index (χ1) is 33.9. The van der Waals surface area contributed by atoms with Crippen molar-refractivity contribution >= 4 is 28.8 Å². The van der Waals surface area contributed by atoms with Gasteiger partial charge in [0.2, 0.25) is 0 Å². The molecular weight excluding hydrogens is 1010 g/mol. The molecule has 0 fully saturated rings. The molecule has 10 aromatic rings. The predicted molar refractivity (Wildman–Crippen MR) is 306 cm³/mol. The second-order valence-electron chi connectivity index (χ2n) is 19.7. The fraction of sp³-hybridized carbons (Fsp3) is 0.145. The Hall–Kier alpha value is -5.87. The molecule has 74 heavy (non-hydrogen) atoms. The second kappa shape index (κ2) is 23.8. The molecular formula is C69H63Cl3SiTi. The largest absolute Gasteiger partial charge is 4.00 e. The maximum absolute atomic E-state index is 3.80. The molecule has 0 saturated heterocycles. The summed E-state index contributed by atoms with van der Waals surface area (Å²) in [6.07, 6.45) is 0. The zero-order valence-electron chi connectivity index (χ0n) is 44.2. The van der Waals surface area contributed by atoms with Crippen molar-refractivity contribution in [1.82, 2.24) is 0 Å².